The van der Waals surface area contributed by atoms with E-state index in [1.54, 1.807) is 24.3 Å². The summed E-state index contributed by atoms with van der Waals surface area (Å²) in [5.74, 6) is -0.232. The van der Waals surface area contributed by atoms with Crippen LogP contribution in [0.4, 0.5) is 0 Å². The lowest BCUT2D eigenvalue weighted by Crippen LogP contribution is -2.23. The van der Waals surface area contributed by atoms with Crippen molar-refractivity contribution in [3.63, 3.8) is 0 Å². The molecule has 4 heteroatoms. The second-order valence-corrected chi connectivity index (χ2v) is 5.91. The van der Waals surface area contributed by atoms with E-state index in [9.17, 15) is 9.59 Å². The lowest BCUT2D eigenvalue weighted by molar-refractivity contribution is 0.0941. The number of carbonyl (C=O) groups excluding carboxylic acids is 2. The van der Waals surface area contributed by atoms with Gasteiger partial charge in [-0.3, -0.25) is 9.59 Å². The van der Waals surface area contributed by atoms with Crippen molar-refractivity contribution in [1.82, 2.24) is 10.6 Å². The van der Waals surface area contributed by atoms with E-state index in [-0.39, 0.29) is 11.8 Å². The first-order valence-corrected chi connectivity index (χ1v) is 8.47. The highest BCUT2D eigenvalue weighted by Crippen LogP contribution is 2.06. The van der Waals surface area contributed by atoms with Crippen LogP contribution in [0.3, 0.4) is 0 Å². The summed E-state index contributed by atoms with van der Waals surface area (Å²) in [6.45, 7) is 0.911. The molecule has 0 heterocycles. The monoisotopic (exact) mass is 344 g/mol. The molecule has 0 bridgehead atoms. The summed E-state index contributed by atoms with van der Waals surface area (Å²) < 4.78 is 0. The molecule has 0 spiro atoms. The van der Waals surface area contributed by atoms with Gasteiger partial charge in [0, 0.05) is 24.2 Å². The SMILES string of the molecule is O=C(NCc1ccc(C(=O)NCc2ccccc2)cc1)c1ccccc1. The summed E-state index contributed by atoms with van der Waals surface area (Å²) in [4.78, 5) is 24.2. The van der Waals surface area contributed by atoms with Crippen molar-refractivity contribution in [2.75, 3.05) is 0 Å². The first-order chi connectivity index (χ1) is 12.7. The minimum Gasteiger partial charge on any atom is -0.348 e. The Balaban J connectivity index is 1.51. The van der Waals surface area contributed by atoms with Crippen LogP contribution in [-0.4, -0.2) is 11.8 Å². The van der Waals surface area contributed by atoms with Gasteiger partial charge in [-0.1, -0.05) is 60.7 Å². The summed E-state index contributed by atoms with van der Waals surface area (Å²) in [7, 11) is 0. The minimum atomic E-state index is -0.117. The number of hydrogen-bond donors (Lipinski definition) is 2. The van der Waals surface area contributed by atoms with E-state index in [1.165, 1.54) is 0 Å². The van der Waals surface area contributed by atoms with E-state index < -0.39 is 0 Å². The average Bonchev–Trinajstić information content (AvgIpc) is 2.72. The van der Waals surface area contributed by atoms with Crippen LogP contribution in [-0.2, 0) is 13.1 Å². The van der Waals surface area contributed by atoms with Crippen molar-refractivity contribution in [2.45, 2.75) is 13.1 Å². The Kier molecular flexibility index (Phi) is 5.78. The average molecular weight is 344 g/mol. The van der Waals surface area contributed by atoms with Crippen LogP contribution in [0.15, 0.2) is 84.9 Å². The Bertz CT molecular complexity index is 860. The molecule has 0 aliphatic carbocycles. The third kappa shape index (κ3) is 4.80. The maximum Gasteiger partial charge on any atom is 0.251 e. The zero-order chi connectivity index (χ0) is 18.2. The minimum absolute atomic E-state index is 0.115. The molecule has 130 valence electrons. The van der Waals surface area contributed by atoms with Crippen molar-refractivity contribution in [1.29, 1.82) is 0 Å². The first-order valence-electron chi connectivity index (χ1n) is 8.47. The normalized spacial score (nSPS) is 10.2. The zero-order valence-electron chi connectivity index (χ0n) is 14.3. The molecule has 0 aliphatic rings. The Morgan fingerprint density at radius 3 is 1.50 bits per heavy atom. The molecule has 3 aromatic carbocycles. The van der Waals surface area contributed by atoms with E-state index in [0.29, 0.717) is 24.2 Å². The van der Waals surface area contributed by atoms with E-state index in [4.69, 9.17) is 0 Å². The van der Waals surface area contributed by atoms with Gasteiger partial charge in [0.1, 0.15) is 0 Å². The van der Waals surface area contributed by atoms with Crippen molar-refractivity contribution >= 4 is 11.8 Å². The fraction of sp³-hybridized carbons (Fsp3) is 0.0909. The van der Waals surface area contributed by atoms with Gasteiger partial charge >= 0.3 is 0 Å². The highest BCUT2D eigenvalue weighted by molar-refractivity contribution is 5.94. The predicted molar refractivity (Wildman–Crippen MR) is 102 cm³/mol. The quantitative estimate of drug-likeness (QED) is 0.718. The molecule has 26 heavy (non-hydrogen) atoms. The summed E-state index contributed by atoms with van der Waals surface area (Å²) >= 11 is 0. The Hall–Kier alpha value is -3.40. The molecule has 0 aromatic heterocycles. The van der Waals surface area contributed by atoms with Crippen molar-refractivity contribution in [2.24, 2.45) is 0 Å². The molecular weight excluding hydrogens is 324 g/mol. The number of rotatable bonds is 6. The second-order valence-electron chi connectivity index (χ2n) is 5.91. The fourth-order valence-corrected chi connectivity index (χ4v) is 2.53. The molecule has 0 unspecified atom stereocenters. The molecule has 3 rings (SSSR count). The molecule has 0 aliphatic heterocycles. The van der Waals surface area contributed by atoms with Gasteiger partial charge in [0.05, 0.1) is 0 Å². The van der Waals surface area contributed by atoms with Crippen LogP contribution in [0.1, 0.15) is 31.8 Å². The molecule has 0 fully saturated rings. The Labute approximate surface area is 152 Å². The van der Waals surface area contributed by atoms with Crippen LogP contribution in [0.5, 0.6) is 0 Å². The highest BCUT2D eigenvalue weighted by Gasteiger charge is 2.07. The maximum absolute atomic E-state index is 12.2. The molecule has 0 atom stereocenters. The van der Waals surface area contributed by atoms with E-state index in [2.05, 4.69) is 10.6 Å². The fourth-order valence-electron chi connectivity index (χ4n) is 2.53. The highest BCUT2D eigenvalue weighted by atomic mass is 16.2. The van der Waals surface area contributed by atoms with Gasteiger partial charge in [0.25, 0.3) is 11.8 Å². The van der Waals surface area contributed by atoms with Gasteiger partial charge in [0.2, 0.25) is 0 Å². The van der Waals surface area contributed by atoms with Crippen LogP contribution in [0.25, 0.3) is 0 Å². The number of benzene rings is 3. The molecule has 0 radical (unpaired) electrons. The predicted octanol–water partition coefficient (Wildman–Crippen LogP) is 3.55. The van der Waals surface area contributed by atoms with Crippen molar-refractivity contribution in [3.05, 3.63) is 107 Å². The van der Waals surface area contributed by atoms with Gasteiger partial charge in [0.15, 0.2) is 0 Å². The molecule has 0 saturated carbocycles. The second kappa shape index (κ2) is 8.62. The summed E-state index contributed by atoms with van der Waals surface area (Å²) in [6.07, 6.45) is 0. The summed E-state index contributed by atoms with van der Waals surface area (Å²) in [6, 6.07) is 26.1. The topological polar surface area (TPSA) is 58.2 Å². The Morgan fingerprint density at radius 2 is 0.962 bits per heavy atom. The van der Waals surface area contributed by atoms with Crippen molar-refractivity contribution < 1.29 is 9.59 Å². The van der Waals surface area contributed by atoms with Crippen LogP contribution >= 0.6 is 0 Å². The van der Waals surface area contributed by atoms with Crippen LogP contribution < -0.4 is 10.6 Å². The van der Waals surface area contributed by atoms with Gasteiger partial charge in [-0.25, -0.2) is 0 Å². The van der Waals surface area contributed by atoms with Gasteiger partial charge in [-0.05, 0) is 35.4 Å². The van der Waals surface area contributed by atoms with Gasteiger partial charge in [-0.15, -0.1) is 0 Å². The van der Waals surface area contributed by atoms with Crippen molar-refractivity contribution in [3.8, 4) is 0 Å². The Morgan fingerprint density at radius 1 is 0.538 bits per heavy atom. The van der Waals surface area contributed by atoms with Crippen LogP contribution in [0, 0.1) is 0 Å². The number of hydrogen-bond acceptors (Lipinski definition) is 2. The molecule has 0 saturated heterocycles. The van der Waals surface area contributed by atoms with E-state index >= 15 is 0 Å². The summed E-state index contributed by atoms with van der Waals surface area (Å²) in [5, 5.41) is 5.77. The largest absolute Gasteiger partial charge is 0.348 e. The molecule has 4 nitrogen and oxygen atoms in total. The van der Waals surface area contributed by atoms with Crippen LogP contribution in [0.2, 0.25) is 0 Å². The van der Waals surface area contributed by atoms with Gasteiger partial charge < -0.3 is 10.6 Å². The molecule has 3 aromatic rings. The third-order valence-electron chi connectivity index (χ3n) is 4.00. The lowest BCUT2D eigenvalue weighted by Gasteiger charge is -2.08. The lowest BCUT2D eigenvalue weighted by atomic mass is 10.1. The smallest absolute Gasteiger partial charge is 0.251 e. The number of amides is 2. The van der Waals surface area contributed by atoms with E-state index in [0.717, 1.165) is 11.1 Å². The molecule has 2 amide bonds. The maximum atomic E-state index is 12.2. The molecule has 2 N–H and O–H groups in total. The molecular formula is C22H20N2O2. The standard InChI is InChI=1S/C22H20N2O2/c25-21(19-9-5-2-6-10-19)24-16-18-11-13-20(14-12-18)22(26)23-15-17-7-3-1-4-8-17/h1-14H,15-16H2,(H,23,26)(H,24,25). The summed E-state index contributed by atoms with van der Waals surface area (Å²) in [5.41, 5.74) is 3.22. The zero-order valence-corrected chi connectivity index (χ0v) is 14.3. The third-order valence-corrected chi connectivity index (χ3v) is 4.00. The number of nitrogens with one attached hydrogen (secondary N) is 2. The first kappa shape index (κ1) is 17.4. The van der Waals surface area contributed by atoms with E-state index in [1.807, 2.05) is 60.7 Å². The van der Waals surface area contributed by atoms with Gasteiger partial charge in [-0.2, -0.15) is 0 Å². The number of carbonyl (C=O) groups is 2.